The average Bonchev–Trinajstić information content (AvgIpc) is 2.64. The molecule has 2 aromatic carbocycles. The van der Waals surface area contributed by atoms with E-state index in [1.54, 1.807) is 44.4 Å². The normalized spacial score (nSPS) is 10.2. The van der Waals surface area contributed by atoms with Gasteiger partial charge in [0, 0.05) is 31.8 Å². The van der Waals surface area contributed by atoms with Crippen molar-refractivity contribution in [3.05, 3.63) is 58.1 Å². The summed E-state index contributed by atoms with van der Waals surface area (Å²) in [7, 11) is 6.36. The molecule has 0 aromatic heterocycles. The second-order valence-electron chi connectivity index (χ2n) is 5.77. The molecule has 0 aliphatic rings. The zero-order chi connectivity index (χ0) is 19.3. The third kappa shape index (κ3) is 4.46. The minimum Gasteiger partial charge on any atom is -0.493 e. The number of ether oxygens (including phenoxy) is 2. The molecule has 26 heavy (non-hydrogen) atoms. The molecule has 0 saturated heterocycles. The third-order valence-corrected chi connectivity index (χ3v) is 4.04. The fraction of sp³-hybridized carbons (Fsp3) is 0.263. The van der Waals surface area contributed by atoms with Crippen LogP contribution < -0.4 is 14.8 Å². The number of rotatable bonds is 6. The van der Waals surface area contributed by atoms with Crippen molar-refractivity contribution in [2.75, 3.05) is 28.3 Å². The highest BCUT2D eigenvalue weighted by Crippen LogP contribution is 2.35. The Kier molecular flexibility index (Phi) is 6.46. The number of benzene rings is 2. The lowest BCUT2D eigenvalue weighted by molar-refractivity contribution is 0.0827. The first kappa shape index (κ1) is 19.6. The molecule has 0 atom stereocenters. The van der Waals surface area contributed by atoms with Gasteiger partial charge in [-0.2, -0.15) is 0 Å². The fourth-order valence-electron chi connectivity index (χ4n) is 2.36. The molecule has 0 aliphatic carbocycles. The van der Waals surface area contributed by atoms with E-state index in [9.17, 15) is 9.59 Å². The predicted molar refractivity (Wildman–Crippen MR) is 100 cm³/mol. The Labute approximate surface area is 157 Å². The number of nitrogens with one attached hydrogen (secondary N) is 1. The smallest absolute Gasteiger partial charge is 0.253 e. The van der Waals surface area contributed by atoms with Gasteiger partial charge in [0.15, 0.2) is 11.5 Å². The first-order valence-corrected chi connectivity index (χ1v) is 8.25. The Morgan fingerprint density at radius 1 is 1.04 bits per heavy atom. The van der Waals surface area contributed by atoms with E-state index in [-0.39, 0.29) is 11.8 Å². The minimum absolute atomic E-state index is 0.0689. The molecular weight excluding hydrogens is 356 g/mol. The Balaban J connectivity index is 2.07. The number of amides is 2. The molecule has 0 spiro atoms. The third-order valence-electron chi connectivity index (χ3n) is 3.76. The highest BCUT2D eigenvalue weighted by molar-refractivity contribution is 6.32. The number of carbonyl (C=O) groups is 2. The summed E-state index contributed by atoms with van der Waals surface area (Å²) in [5.41, 5.74) is 1.84. The molecule has 1 N–H and O–H groups in total. The number of halogens is 1. The Morgan fingerprint density at radius 3 is 2.23 bits per heavy atom. The lowest BCUT2D eigenvalue weighted by Crippen LogP contribution is -2.23. The van der Waals surface area contributed by atoms with Crippen LogP contribution in [0.1, 0.15) is 26.3 Å². The van der Waals surface area contributed by atoms with Gasteiger partial charge in [-0.3, -0.25) is 9.59 Å². The average molecular weight is 377 g/mol. The SMILES string of the molecule is COc1cc(C(=O)NCc2ccc(C(=O)N(C)C)cc2)cc(Cl)c1OC. The van der Waals surface area contributed by atoms with Crippen LogP contribution in [0.5, 0.6) is 11.5 Å². The Morgan fingerprint density at radius 2 is 1.69 bits per heavy atom. The van der Waals surface area contributed by atoms with Gasteiger partial charge in [0.2, 0.25) is 0 Å². The van der Waals surface area contributed by atoms with Crippen molar-refractivity contribution in [2.24, 2.45) is 0 Å². The zero-order valence-electron chi connectivity index (χ0n) is 15.1. The first-order chi connectivity index (χ1) is 12.4. The van der Waals surface area contributed by atoms with E-state index in [0.29, 0.717) is 34.2 Å². The van der Waals surface area contributed by atoms with Crippen LogP contribution in [0, 0.1) is 0 Å². The lowest BCUT2D eigenvalue weighted by atomic mass is 10.1. The van der Waals surface area contributed by atoms with Gasteiger partial charge in [-0.15, -0.1) is 0 Å². The second-order valence-corrected chi connectivity index (χ2v) is 6.18. The highest BCUT2D eigenvalue weighted by Gasteiger charge is 2.15. The molecule has 0 unspecified atom stereocenters. The van der Waals surface area contributed by atoms with Crippen LogP contribution in [0.3, 0.4) is 0 Å². The maximum absolute atomic E-state index is 12.4. The van der Waals surface area contributed by atoms with Crippen LogP contribution in [-0.2, 0) is 6.54 Å². The van der Waals surface area contributed by atoms with Crippen LogP contribution in [0.15, 0.2) is 36.4 Å². The van der Waals surface area contributed by atoms with Crippen molar-refractivity contribution < 1.29 is 19.1 Å². The quantitative estimate of drug-likeness (QED) is 0.841. The Bertz CT molecular complexity index is 804. The van der Waals surface area contributed by atoms with Gasteiger partial charge in [0.05, 0.1) is 19.2 Å². The first-order valence-electron chi connectivity index (χ1n) is 7.87. The van der Waals surface area contributed by atoms with E-state index in [1.165, 1.54) is 25.2 Å². The van der Waals surface area contributed by atoms with E-state index >= 15 is 0 Å². The maximum Gasteiger partial charge on any atom is 0.253 e. The minimum atomic E-state index is -0.290. The molecule has 0 saturated carbocycles. The van der Waals surface area contributed by atoms with E-state index < -0.39 is 0 Å². The van der Waals surface area contributed by atoms with Crippen LogP contribution in [0.4, 0.5) is 0 Å². The zero-order valence-corrected chi connectivity index (χ0v) is 15.9. The van der Waals surface area contributed by atoms with Crippen molar-refractivity contribution in [2.45, 2.75) is 6.54 Å². The Hall–Kier alpha value is -2.73. The summed E-state index contributed by atoms with van der Waals surface area (Å²) >= 11 is 6.13. The van der Waals surface area contributed by atoms with E-state index in [0.717, 1.165) is 5.56 Å². The standard InChI is InChI=1S/C19H21ClN2O4/c1-22(2)19(24)13-7-5-12(6-8-13)11-21-18(23)14-9-15(20)17(26-4)16(10-14)25-3/h5-10H,11H2,1-4H3,(H,21,23). The predicted octanol–water partition coefficient (Wildman–Crippen LogP) is 2.99. The monoisotopic (exact) mass is 376 g/mol. The summed E-state index contributed by atoms with van der Waals surface area (Å²) in [6.45, 7) is 0.321. The fourth-order valence-corrected chi connectivity index (χ4v) is 2.64. The van der Waals surface area contributed by atoms with Gasteiger partial charge >= 0.3 is 0 Å². The maximum atomic E-state index is 12.4. The van der Waals surface area contributed by atoms with Crippen molar-refractivity contribution in [3.63, 3.8) is 0 Å². The lowest BCUT2D eigenvalue weighted by Gasteiger charge is -2.12. The summed E-state index contributed by atoms with van der Waals surface area (Å²) in [4.78, 5) is 25.8. The molecule has 2 amide bonds. The van der Waals surface area contributed by atoms with Gasteiger partial charge in [0.1, 0.15) is 0 Å². The number of hydrogen-bond donors (Lipinski definition) is 1. The largest absolute Gasteiger partial charge is 0.493 e. The van der Waals surface area contributed by atoms with Crippen molar-refractivity contribution in [3.8, 4) is 11.5 Å². The van der Waals surface area contributed by atoms with Crippen molar-refractivity contribution in [1.29, 1.82) is 0 Å². The summed E-state index contributed by atoms with van der Waals surface area (Å²) in [5, 5.41) is 3.11. The molecule has 0 fully saturated rings. The second kappa shape index (κ2) is 8.58. The molecule has 0 heterocycles. The van der Waals surface area contributed by atoms with Gasteiger partial charge in [-0.1, -0.05) is 23.7 Å². The van der Waals surface area contributed by atoms with Gasteiger partial charge < -0.3 is 19.7 Å². The van der Waals surface area contributed by atoms with E-state index in [4.69, 9.17) is 21.1 Å². The molecule has 7 heteroatoms. The summed E-state index contributed by atoms with van der Waals surface area (Å²) in [5.74, 6) is 0.408. The molecule has 0 aliphatic heterocycles. The van der Waals surface area contributed by atoms with Crippen LogP contribution in [0.25, 0.3) is 0 Å². The number of nitrogens with zero attached hydrogens (tertiary/aromatic N) is 1. The molecule has 6 nitrogen and oxygen atoms in total. The van der Waals surface area contributed by atoms with Crippen LogP contribution >= 0.6 is 11.6 Å². The molecule has 0 radical (unpaired) electrons. The number of hydrogen-bond acceptors (Lipinski definition) is 4. The molecule has 2 aromatic rings. The molecule has 0 bridgehead atoms. The van der Waals surface area contributed by atoms with Crippen LogP contribution in [-0.4, -0.2) is 45.0 Å². The molecule has 138 valence electrons. The number of methoxy groups -OCH3 is 2. The summed E-state index contributed by atoms with van der Waals surface area (Å²) in [6.07, 6.45) is 0. The number of carbonyl (C=O) groups excluding carboxylic acids is 2. The van der Waals surface area contributed by atoms with Crippen LogP contribution in [0.2, 0.25) is 5.02 Å². The van der Waals surface area contributed by atoms with Crippen molar-refractivity contribution in [1.82, 2.24) is 10.2 Å². The van der Waals surface area contributed by atoms with Gasteiger partial charge in [-0.25, -0.2) is 0 Å². The topological polar surface area (TPSA) is 67.9 Å². The van der Waals surface area contributed by atoms with E-state index in [2.05, 4.69) is 5.32 Å². The molecule has 2 rings (SSSR count). The summed E-state index contributed by atoms with van der Waals surface area (Å²) in [6, 6.07) is 10.2. The van der Waals surface area contributed by atoms with Crippen molar-refractivity contribution >= 4 is 23.4 Å². The highest BCUT2D eigenvalue weighted by atomic mass is 35.5. The molecular formula is C19H21ClN2O4. The van der Waals surface area contributed by atoms with Gasteiger partial charge in [0.25, 0.3) is 11.8 Å². The van der Waals surface area contributed by atoms with E-state index in [1.807, 2.05) is 0 Å². The van der Waals surface area contributed by atoms with Gasteiger partial charge in [-0.05, 0) is 29.8 Å². The summed E-state index contributed by atoms with van der Waals surface area (Å²) < 4.78 is 10.4.